The van der Waals surface area contributed by atoms with E-state index in [2.05, 4.69) is 15.4 Å². The number of nitrogens with one attached hydrogen (secondary N) is 1. The third-order valence-corrected chi connectivity index (χ3v) is 4.94. The monoisotopic (exact) mass is 454 g/mol. The Morgan fingerprint density at radius 1 is 1.25 bits per heavy atom. The van der Waals surface area contributed by atoms with Crippen molar-refractivity contribution in [2.75, 3.05) is 26.4 Å². The van der Waals surface area contributed by atoms with Gasteiger partial charge in [0, 0.05) is 24.4 Å². The summed E-state index contributed by atoms with van der Waals surface area (Å²) in [5, 5.41) is 15.5. The predicted octanol–water partition coefficient (Wildman–Crippen LogP) is 2.83. The lowest BCUT2D eigenvalue weighted by Crippen LogP contribution is -2.27. The third kappa shape index (κ3) is 5.05. The highest BCUT2D eigenvalue weighted by Gasteiger charge is 2.34. The van der Waals surface area contributed by atoms with Crippen LogP contribution in [-0.2, 0) is 17.3 Å². The molecule has 1 aromatic carbocycles. The lowest BCUT2D eigenvalue weighted by Gasteiger charge is -2.14. The van der Waals surface area contributed by atoms with Crippen molar-refractivity contribution in [2.45, 2.75) is 26.4 Å². The van der Waals surface area contributed by atoms with Crippen molar-refractivity contribution < 1.29 is 32.2 Å². The van der Waals surface area contributed by atoms with Crippen molar-refractivity contribution in [3.8, 4) is 0 Å². The highest BCUT2D eigenvalue weighted by atomic mass is 19.4. The molecule has 0 spiro atoms. The molecule has 7 nitrogen and oxygen atoms in total. The van der Waals surface area contributed by atoms with Gasteiger partial charge in [0.2, 0.25) is 0 Å². The van der Waals surface area contributed by atoms with Crippen LogP contribution in [0.15, 0.2) is 24.4 Å². The fourth-order valence-electron chi connectivity index (χ4n) is 3.33. The fourth-order valence-corrected chi connectivity index (χ4v) is 3.33. The summed E-state index contributed by atoms with van der Waals surface area (Å²) < 4.78 is 59.3. The van der Waals surface area contributed by atoms with E-state index in [4.69, 9.17) is 9.84 Å². The second kappa shape index (κ2) is 9.61. The number of aliphatic hydroxyl groups is 1. The van der Waals surface area contributed by atoms with E-state index in [-0.39, 0.29) is 43.9 Å². The molecule has 11 heteroatoms. The summed E-state index contributed by atoms with van der Waals surface area (Å²) in [6.07, 6.45) is -3.34. The standard InChI is InChI=1S/C21H22F4N4O3/c1-12-15(9-14-3-4-18(22)17(10-14)21(23,24)25)13(2)29-19(28-12)16(11-27-29)20(31)26-5-7-32-8-6-30/h3-4,10-11,30H,5-9H2,1-2H3,(H,26,31). The average Bonchev–Trinajstić information content (AvgIpc) is 3.15. The second-order valence-corrected chi connectivity index (χ2v) is 7.14. The molecular formula is C21H22F4N4O3. The summed E-state index contributed by atoms with van der Waals surface area (Å²) in [6, 6.07) is 2.89. The number of hydrogen-bond donors (Lipinski definition) is 2. The van der Waals surface area contributed by atoms with E-state index in [0.29, 0.717) is 22.6 Å². The molecule has 2 N–H and O–H groups in total. The maximum absolute atomic E-state index is 13.6. The van der Waals surface area contributed by atoms with E-state index < -0.39 is 23.5 Å². The number of ether oxygens (including phenoxy) is 1. The van der Waals surface area contributed by atoms with Gasteiger partial charge in [-0.05, 0) is 37.1 Å². The second-order valence-electron chi connectivity index (χ2n) is 7.14. The molecule has 0 aliphatic carbocycles. The van der Waals surface area contributed by atoms with Gasteiger partial charge in [0.15, 0.2) is 5.65 Å². The van der Waals surface area contributed by atoms with Gasteiger partial charge in [-0.3, -0.25) is 4.79 Å². The van der Waals surface area contributed by atoms with Gasteiger partial charge >= 0.3 is 6.18 Å². The number of nitrogens with zero attached hydrogens (tertiary/aromatic N) is 3. The molecule has 0 bridgehead atoms. The first-order valence-electron chi connectivity index (χ1n) is 9.79. The molecule has 0 aliphatic rings. The quantitative estimate of drug-likeness (QED) is 0.404. The largest absolute Gasteiger partial charge is 0.419 e. The minimum absolute atomic E-state index is 0.0908. The average molecular weight is 454 g/mol. The molecule has 172 valence electrons. The molecule has 2 heterocycles. The van der Waals surface area contributed by atoms with Crippen LogP contribution in [0.3, 0.4) is 0 Å². The molecule has 3 rings (SSSR count). The number of aliphatic hydroxyl groups excluding tert-OH is 1. The van der Waals surface area contributed by atoms with Crippen molar-refractivity contribution in [3.63, 3.8) is 0 Å². The van der Waals surface area contributed by atoms with Crippen molar-refractivity contribution >= 4 is 11.6 Å². The Kier molecular flexibility index (Phi) is 7.09. The normalized spacial score (nSPS) is 11.8. The molecule has 2 aromatic heterocycles. The zero-order valence-corrected chi connectivity index (χ0v) is 17.5. The van der Waals surface area contributed by atoms with Crippen molar-refractivity contribution in [1.29, 1.82) is 0 Å². The molecule has 0 saturated carbocycles. The van der Waals surface area contributed by atoms with Crippen LogP contribution in [0, 0.1) is 19.7 Å². The Labute approximate surface area is 181 Å². The molecule has 0 saturated heterocycles. The van der Waals surface area contributed by atoms with Gasteiger partial charge < -0.3 is 15.2 Å². The number of fused-ring (bicyclic) bond motifs is 1. The number of aryl methyl sites for hydroxylation is 2. The summed E-state index contributed by atoms with van der Waals surface area (Å²) in [5.74, 6) is -1.73. The van der Waals surface area contributed by atoms with Gasteiger partial charge in [-0.15, -0.1) is 0 Å². The Morgan fingerprint density at radius 3 is 2.69 bits per heavy atom. The van der Waals surface area contributed by atoms with Crippen LogP contribution < -0.4 is 5.32 Å². The Balaban J connectivity index is 1.86. The highest BCUT2D eigenvalue weighted by molar-refractivity contribution is 5.99. The summed E-state index contributed by atoms with van der Waals surface area (Å²) in [5.41, 5.74) is 1.27. The number of carbonyl (C=O) groups excluding carboxylic acids is 1. The van der Waals surface area contributed by atoms with Gasteiger partial charge in [-0.25, -0.2) is 13.9 Å². The van der Waals surface area contributed by atoms with Crippen LogP contribution in [0.5, 0.6) is 0 Å². The number of benzene rings is 1. The first-order chi connectivity index (χ1) is 15.1. The molecule has 0 radical (unpaired) electrons. The minimum atomic E-state index is -4.79. The molecule has 0 unspecified atom stereocenters. The number of hydrogen-bond acceptors (Lipinski definition) is 5. The number of rotatable bonds is 8. The number of carbonyl (C=O) groups is 1. The maximum Gasteiger partial charge on any atom is 0.419 e. The van der Waals surface area contributed by atoms with Crippen molar-refractivity contribution in [3.05, 3.63) is 63.9 Å². The van der Waals surface area contributed by atoms with Gasteiger partial charge in [-0.1, -0.05) is 6.07 Å². The smallest absolute Gasteiger partial charge is 0.394 e. The minimum Gasteiger partial charge on any atom is -0.394 e. The number of alkyl halides is 3. The fraction of sp³-hybridized carbons (Fsp3) is 0.381. The highest BCUT2D eigenvalue weighted by Crippen LogP contribution is 2.32. The summed E-state index contributed by atoms with van der Waals surface area (Å²) in [7, 11) is 0. The lowest BCUT2D eigenvalue weighted by molar-refractivity contribution is -0.140. The van der Waals surface area contributed by atoms with Crippen LogP contribution in [0.2, 0.25) is 0 Å². The SMILES string of the molecule is Cc1nc2c(C(=O)NCCOCCO)cnn2c(C)c1Cc1ccc(F)c(C(F)(F)F)c1. The summed E-state index contributed by atoms with van der Waals surface area (Å²) >= 11 is 0. The molecule has 32 heavy (non-hydrogen) atoms. The van der Waals surface area contributed by atoms with Gasteiger partial charge in [-0.2, -0.15) is 18.3 Å². The van der Waals surface area contributed by atoms with Crippen LogP contribution in [0.1, 0.15) is 38.4 Å². The molecule has 3 aromatic rings. The Morgan fingerprint density at radius 2 is 2.00 bits per heavy atom. The predicted molar refractivity (Wildman–Crippen MR) is 107 cm³/mol. The molecule has 1 amide bonds. The van der Waals surface area contributed by atoms with Crippen molar-refractivity contribution in [1.82, 2.24) is 19.9 Å². The van der Waals surface area contributed by atoms with E-state index in [1.54, 1.807) is 13.8 Å². The maximum atomic E-state index is 13.6. The third-order valence-electron chi connectivity index (χ3n) is 4.94. The first-order valence-corrected chi connectivity index (χ1v) is 9.79. The molecule has 0 aliphatic heterocycles. The molecule has 0 atom stereocenters. The zero-order valence-electron chi connectivity index (χ0n) is 17.5. The van der Waals surface area contributed by atoms with Gasteiger partial charge in [0.25, 0.3) is 5.91 Å². The van der Waals surface area contributed by atoms with Crippen LogP contribution in [0.25, 0.3) is 5.65 Å². The van der Waals surface area contributed by atoms with Gasteiger partial charge in [0.05, 0.1) is 31.6 Å². The number of amides is 1. The van der Waals surface area contributed by atoms with E-state index in [9.17, 15) is 22.4 Å². The van der Waals surface area contributed by atoms with Crippen LogP contribution in [0.4, 0.5) is 17.6 Å². The zero-order chi connectivity index (χ0) is 23.5. The number of halogens is 4. The van der Waals surface area contributed by atoms with Crippen LogP contribution >= 0.6 is 0 Å². The molecular weight excluding hydrogens is 432 g/mol. The lowest BCUT2D eigenvalue weighted by atomic mass is 10.00. The van der Waals surface area contributed by atoms with E-state index in [1.807, 2.05) is 0 Å². The van der Waals surface area contributed by atoms with E-state index >= 15 is 0 Å². The van der Waals surface area contributed by atoms with E-state index in [0.717, 1.165) is 12.1 Å². The van der Waals surface area contributed by atoms with Crippen LogP contribution in [-0.4, -0.2) is 52.0 Å². The Hall–Kier alpha value is -3.05. The Bertz CT molecular complexity index is 1130. The number of aromatic nitrogens is 3. The topological polar surface area (TPSA) is 88.8 Å². The van der Waals surface area contributed by atoms with E-state index in [1.165, 1.54) is 16.8 Å². The van der Waals surface area contributed by atoms with Crippen molar-refractivity contribution in [2.24, 2.45) is 0 Å². The summed E-state index contributed by atoms with van der Waals surface area (Å²) in [6.45, 7) is 3.95. The first kappa shape index (κ1) is 23.6. The van der Waals surface area contributed by atoms with Gasteiger partial charge in [0.1, 0.15) is 11.4 Å². The summed E-state index contributed by atoms with van der Waals surface area (Å²) in [4.78, 5) is 16.9. The molecule has 0 fully saturated rings.